The molecular weight excluding hydrogens is 519 g/mol. The molecule has 2 aromatic carbocycles. The molecule has 37 heavy (non-hydrogen) atoms. The predicted molar refractivity (Wildman–Crippen MR) is 116 cm³/mol. The van der Waals surface area contributed by atoms with Crippen LogP contribution in [-0.4, -0.2) is 18.7 Å². The SMILES string of the molecule is CCOC(=O)N1c2ccc(C(F)(F)F)cc2[C@@H]([C@H](N)c2cc(C(F)(F)F)cc(C(F)(F)F)c2)C[C@H]1CC. The number of amides is 1. The lowest BCUT2D eigenvalue weighted by molar-refractivity contribution is -0.143. The first kappa shape index (κ1) is 28.6. The summed E-state index contributed by atoms with van der Waals surface area (Å²) >= 11 is 0. The maximum Gasteiger partial charge on any atom is 0.416 e. The number of anilines is 1. The van der Waals surface area contributed by atoms with Gasteiger partial charge in [0.25, 0.3) is 0 Å². The van der Waals surface area contributed by atoms with Gasteiger partial charge in [0.1, 0.15) is 0 Å². The van der Waals surface area contributed by atoms with Crippen LogP contribution >= 0.6 is 0 Å². The summed E-state index contributed by atoms with van der Waals surface area (Å²) in [6, 6.07) is 1.12. The van der Waals surface area contributed by atoms with Gasteiger partial charge in [-0.2, -0.15) is 39.5 Å². The Hall–Kier alpha value is -2.96. The van der Waals surface area contributed by atoms with E-state index in [9.17, 15) is 44.3 Å². The van der Waals surface area contributed by atoms with Crippen LogP contribution in [0.1, 0.15) is 66.5 Å². The van der Waals surface area contributed by atoms with E-state index >= 15 is 0 Å². The summed E-state index contributed by atoms with van der Waals surface area (Å²) in [4.78, 5) is 13.8. The lowest BCUT2D eigenvalue weighted by atomic mass is 9.77. The second-order valence-corrected chi connectivity index (χ2v) is 8.61. The molecule has 0 aliphatic carbocycles. The van der Waals surface area contributed by atoms with Gasteiger partial charge in [-0.15, -0.1) is 0 Å². The van der Waals surface area contributed by atoms with Crippen molar-refractivity contribution in [2.45, 2.75) is 63.2 Å². The van der Waals surface area contributed by atoms with Crippen molar-refractivity contribution < 1.29 is 49.0 Å². The molecule has 1 amide bonds. The number of ether oxygens (including phenoxy) is 1. The molecule has 3 atom stereocenters. The molecule has 2 aromatic rings. The first-order valence-electron chi connectivity index (χ1n) is 11.2. The van der Waals surface area contributed by atoms with Crippen LogP contribution in [0.3, 0.4) is 0 Å². The van der Waals surface area contributed by atoms with E-state index in [0.717, 1.165) is 23.1 Å². The normalized spacial score (nSPS) is 19.4. The van der Waals surface area contributed by atoms with E-state index in [-0.39, 0.29) is 36.8 Å². The molecule has 0 radical (unpaired) electrons. The van der Waals surface area contributed by atoms with Crippen molar-refractivity contribution in [2.24, 2.45) is 5.73 Å². The highest BCUT2D eigenvalue weighted by Gasteiger charge is 2.43. The zero-order chi connectivity index (χ0) is 27.9. The molecule has 2 N–H and O–H groups in total. The zero-order valence-corrected chi connectivity index (χ0v) is 19.6. The first-order chi connectivity index (χ1) is 17.0. The van der Waals surface area contributed by atoms with Crippen LogP contribution in [0.5, 0.6) is 0 Å². The van der Waals surface area contributed by atoms with E-state index in [1.807, 2.05) is 0 Å². The van der Waals surface area contributed by atoms with Gasteiger partial charge in [0.15, 0.2) is 0 Å². The average molecular weight is 542 g/mol. The van der Waals surface area contributed by atoms with Gasteiger partial charge in [0, 0.05) is 18.0 Å². The minimum absolute atomic E-state index is 0.00646. The van der Waals surface area contributed by atoms with Crippen molar-refractivity contribution in [1.29, 1.82) is 0 Å². The van der Waals surface area contributed by atoms with Crippen molar-refractivity contribution in [2.75, 3.05) is 11.5 Å². The van der Waals surface area contributed by atoms with E-state index in [1.165, 1.54) is 6.92 Å². The second-order valence-electron chi connectivity index (χ2n) is 8.61. The van der Waals surface area contributed by atoms with E-state index in [0.29, 0.717) is 12.1 Å². The van der Waals surface area contributed by atoms with Crippen LogP contribution < -0.4 is 10.6 Å². The summed E-state index contributed by atoms with van der Waals surface area (Å²) in [7, 11) is 0. The predicted octanol–water partition coefficient (Wildman–Crippen LogP) is 7.67. The molecule has 0 aromatic heterocycles. The molecule has 13 heteroatoms. The van der Waals surface area contributed by atoms with Crippen LogP contribution in [0.25, 0.3) is 0 Å². The Bertz CT molecular complexity index is 1110. The van der Waals surface area contributed by atoms with Gasteiger partial charge in [-0.3, -0.25) is 4.90 Å². The van der Waals surface area contributed by atoms with Crippen molar-refractivity contribution in [1.82, 2.24) is 0 Å². The third-order valence-electron chi connectivity index (χ3n) is 6.27. The standard InChI is InChI=1S/C24H23F9N2O2/c1-3-16-11-18(20(34)12-7-14(23(28,29)30)9-15(8-12)24(31,32)33)17-10-13(22(25,26)27)5-6-19(17)35(16)21(36)37-4-2/h5-10,16,18,20H,3-4,11,34H2,1-2H3/t16-,18+,20-/m1/s1. The van der Waals surface area contributed by atoms with E-state index in [4.69, 9.17) is 10.5 Å². The van der Waals surface area contributed by atoms with Crippen LogP contribution in [0.15, 0.2) is 36.4 Å². The average Bonchev–Trinajstić information content (AvgIpc) is 2.80. The van der Waals surface area contributed by atoms with Crippen LogP contribution in [0.4, 0.5) is 50.0 Å². The molecule has 1 aliphatic heterocycles. The van der Waals surface area contributed by atoms with Crippen molar-refractivity contribution in [3.8, 4) is 0 Å². The number of hydrogen-bond donors (Lipinski definition) is 1. The molecule has 0 saturated carbocycles. The molecule has 4 nitrogen and oxygen atoms in total. The number of carbonyl (C=O) groups excluding carboxylic acids is 1. The first-order valence-corrected chi connectivity index (χ1v) is 11.2. The fourth-order valence-corrected chi connectivity index (χ4v) is 4.50. The maximum atomic E-state index is 13.5. The Morgan fingerprint density at radius 1 is 0.919 bits per heavy atom. The summed E-state index contributed by atoms with van der Waals surface area (Å²) in [6.07, 6.45) is -15.8. The lowest BCUT2D eigenvalue weighted by Gasteiger charge is -2.42. The lowest BCUT2D eigenvalue weighted by Crippen LogP contribution is -2.46. The monoisotopic (exact) mass is 542 g/mol. The fourth-order valence-electron chi connectivity index (χ4n) is 4.50. The molecule has 1 aliphatic rings. The Labute approximate surface area is 206 Å². The molecular formula is C24H23F9N2O2. The van der Waals surface area contributed by atoms with Crippen LogP contribution in [-0.2, 0) is 23.3 Å². The molecule has 1 heterocycles. The van der Waals surface area contributed by atoms with Crippen LogP contribution in [0, 0.1) is 0 Å². The Kier molecular flexibility index (Phi) is 7.79. The number of hydrogen-bond acceptors (Lipinski definition) is 3. The largest absolute Gasteiger partial charge is 0.449 e. The topological polar surface area (TPSA) is 55.6 Å². The van der Waals surface area contributed by atoms with Gasteiger partial charge >= 0.3 is 24.6 Å². The highest BCUT2D eigenvalue weighted by Crippen LogP contribution is 2.48. The minimum Gasteiger partial charge on any atom is -0.449 e. The number of nitrogens with two attached hydrogens (primary N) is 1. The molecule has 0 saturated heterocycles. The highest BCUT2D eigenvalue weighted by molar-refractivity contribution is 5.90. The molecule has 0 spiro atoms. The molecule has 0 fully saturated rings. The Balaban J connectivity index is 2.22. The van der Waals surface area contributed by atoms with Crippen LogP contribution in [0.2, 0.25) is 0 Å². The number of fused-ring (bicyclic) bond motifs is 1. The van der Waals surface area contributed by atoms with Gasteiger partial charge < -0.3 is 10.5 Å². The molecule has 0 unspecified atom stereocenters. The third-order valence-corrected chi connectivity index (χ3v) is 6.27. The summed E-state index contributed by atoms with van der Waals surface area (Å²) in [5, 5.41) is 0. The summed E-state index contributed by atoms with van der Waals surface area (Å²) in [6.45, 7) is 3.16. The quantitative estimate of drug-likeness (QED) is 0.404. The smallest absolute Gasteiger partial charge is 0.416 e. The second kappa shape index (κ2) is 10.1. The molecule has 0 bridgehead atoms. The van der Waals surface area contributed by atoms with Gasteiger partial charge in [-0.25, -0.2) is 4.79 Å². The number of alkyl halides is 9. The summed E-state index contributed by atoms with van der Waals surface area (Å²) in [5.41, 5.74) is 1.24. The van der Waals surface area contributed by atoms with Gasteiger partial charge in [-0.05, 0) is 67.3 Å². The molecule has 204 valence electrons. The highest BCUT2D eigenvalue weighted by atomic mass is 19.4. The number of halogens is 9. The Morgan fingerprint density at radius 3 is 1.92 bits per heavy atom. The molecule has 3 rings (SSSR count). The summed E-state index contributed by atoms with van der Waals surface area (Å²) in [5.74, 6) is -1.14. The van der Waals surface area contributed by atoms with Gasteiger partial charge in [0.2, 0.25) is 0 Å². The number of nitrogens with zero attached hydrogens (tertiary/aromatic N) is 1. The minimum atomic E-state index is -5.13. The van der Waals surface area contributed by atoms with Crippen molar-refractivity contribution in [3.05, 3.63) is 64.2 Å². The van der Waals surface area contributed by atoms with E-state index in [2.05, 4.69) is 0 Å². The third kappa shape index (κ3) is 5.97. The van der Waals surface area contributed by atoms with Gasteiger partial charge in [0.05, 0.1) is 29.0 Å². The van der Waals surface area contributed by atoms with Crippen molar-refractivity contribution in [3.63, 3.8) is 0 Å². The van der Waals surface area contributed by atoms with Crippen molar-refractivity contribution >= 4 is 11.8 Å². The number of benzene rings is 2. The zero-order valence-electron chi connectivity index (χ0n) is 19.6. The Morgan fingerprint density at radius 2 is 1.46 bits per heavy atom. The number of rotatable bonds is 4. The maximum absolute atomic E-state index is 13.5. The van der Waals surface area contributed by atoms with E-state index in [1.54, 1.807) is 6.92 Å². The van der Waals surface area contributed by atoms with Gasteiger partial charge in [-0.1, -0.05) is 6.92 Å². The summed E-state index contributed by atoms with van der Waals surface area (Å²) < 4.78 is 126. The van der Waals surface area contributed by atoms with E-state index < -0.39 is 64.9 Å². The fraction of sp³-hybridized carbons (Fsp3) is 0.458. The number of carbonyl (C=O) groups is 1.